The zero-order valence-electron chi connectivity index (χ0n) is 30.4. The zero-order valence-corrected chi connectivity index (χ0v) is 31.2. The number of para-hydroxylation sites is 3. The molecule has 0 atom stereocenters. The van der Waals surface area contributed by atoms with Crippen molar-refractivity contribution in [3.8, 4) is 56.4 Å². The van der Waals surface area contributed by atoms with Gasteiger partial charge in [0.15, 0.2) is 17.5 Å². The summed E-state index contributed by atoms with van der Waals surface area (Å²) in [5, 5.41) is 5.65. The Kier molecular flexibility index (Phi) is 7.03. The van der Waals surface area contributed by atoms with Crippen LogP contribution in [0.4, 0.5) is 0 Å². The minimum Gasteiger partial charge on any atom is -0.455 e. The smallest absolute Gasteiger partial charge is 0.164 e. The summed E-state index contributed by atoms with van der Waals surface area (Å²) in [5.74, 6) is 1.93. The minimum atomic E-state index is 0.639. The molecular weight excluding hydrogens is 717 g/mol. The maximum absolute atomic E-state index is 6.53. The SMILES string of the molecule is c1ccc(-c2nc(-c3ccccc3)nc(-c3ccc(-c4c5cc(-c6cccc7c6oc6ccccc67)ccc5n5c4sc4ccccc45)c4ccccc34)n2)cc1. The number of hydrogen-bond acceptors (Lipinski definition) is 5. The second-order valence-electron chi connectivity index (χ2n) is 14.3. The summed E-state index contributed by atoms with van der Waals surface area (Å²) in [4.78, 5) is 16.4. The van der Waals surface area contributed by atoms with Crippen molar-refractivity contribution < 1.29 is 4.42 Å². The largest absolute Gasteiger partial charge is 0.455 e. The summed E-state index contributed by atoms with van der Waals surface area (Å²) in [6.07, 6.45) is 0. The summed E-state index contributed by atoms with van der Waals surface area (Å²) < 4.78 is 10.2. The standard InChI is InChI=1S/C51H30N4OS/c1-3-14-31(15-4-1)48-52-49(32-16-5-2-6-17-32)54-50(53-48)40-28-27-38(35-18-7-8-19-36(35)40)46-41-30-33(26-29-42(41)55-43-23-10-12-25-45(43)57-51(46)55)34-21-13-22-39-37-20-9-11-24-44(37)56-47(34)39/h1-30H. The number of nitrogens with zero attached hydrogens (tertiary/aromatic N) is 4. The van der Waals surface area contributed by atoms with Crippen LogP contribution in [0.1, 0.15) is 0 Å². The van der Waals surface area contributed by atoms with Gasteiger partial charge in [-0.1, -0.05) is 146 Å². The third kappa shape index (κ3) is 4.98. The van der Waals surface area contributed by atoms with Crippen molar-refractivity contribution in [2.24, 2.45) is 0 Å². The van der Waals surface area contributed by atoms with Crippen molar-refractivity contribution in [3.05, 3.63) is 182 Å². The Morgan fingerprint density at radius 1 is 0.404 bits per heavy atom. The van der Waals surface area contributed by atoms with Crippen LogP contribution < -0.4 is 0 Å². The van der Waals surface area contributed by atoms with E-state index in [1.165, 1.54) is 31.5 Å². The van der Waals surface area contributed by atoms with Crippen molar-refractivity contribution >= 4 is 70.0 Å². The summed E-state index contributed by atoms with van der Waals surface area (Å²) in [7, 11) is 0. The summed E-state index contributed by atoms with van der Waals surface area (Å²) in [6, 6.07) is 63.7. The van der Waals surface area contributed by atoms with Crippen LogP contribution in [0.15, 0.2) is 186 Å². The van der Waals surface area contributed by atoms with Gasteiger partial charge in [0.2, 0.25) is 0 Å². The third-order valence-electron chi connectivity index (χ3n) is 11.1. The zero-order chi connectivity index (χ0) is 37.5. The molecule has 0 radical (unpaired) electrons. The molecule has 0 unspecified atom stereocenters. The molecule has 0 saturated heterocycles. The molecule has 0 bridgehead atoms. The van der Waals surface area contributed by atoms with Gasteiger partial charge in [-0.2, -0.15) is 0 Å². The van der Waals surface area contributed by atoms with Crippen molar-refractivity contribution in [2.75, 3.05) is 0 Å². The second kappa shape index (κ2) is 12.6. The predicted molar refractivity (Wildman–Crippen MR) is 236 cm³/mol. The fourth-order valence-corrected chi connectivity index (χ4v) is 9.71. The van der Waals surface area contributed by atoms with Crippen LogP contribution in [0.25, 0.3) is 115 Å². The maximum atomic E-state index is 6.53. The van der Waals surface area contributed by atoms with Crippen LogP contribution in [0.5, 0.6) is 0 Å². The van der Waals surface area contributed by atoms with Gasteiger partial charge in [-0.05, 0) is 58.3 Å². The van der Waals surface area contributed by atoms with Crippen LogP contribution in [0.3, 0.4) is 0 Å². The first-order chi connectivity index (χ1) is 28.3. The van der Waals surface area contributed by atoms with E-state index in [0.29, 0.717) is 17.5 Å². The van der Waals surface area contributed by atoms with Crippen molar-refractivity contribution in [3.63, 3.8) is 0 Å². The second-order valence-corrected chi connectivity index (χ2v) is 15.4. The van der Waals surface area contributed by atoms with Crippen LogP contribution in [0.2, 0.25) is 0 Å². The Morgan fingerprint density at radius 2 is 1.02 bits per heavy atom. The molecule has 0 aliphatic heterocycles. The molecule has 0 fully saturated rings. The fraction of sp³-hybridized carbons (Fsp3) is 0. The molecule has 0 spiro atoms. The lowest BCUT2D eigenvalue weighted by atomic mass is 9.93. The van der Waals surface area contributed by atoms with Gasteiger partial charge in [0.25, 0.3) is 0 Å². The molecular formula is C51H30N4OS. The number of hydrogen-bond donors (Lipinski definition) is 0. The fourth-order valence-electron chi connectivity index (χ4n) is 8.48. The Hall–Kier alpha value is -7.41. The Balaban J connectivity index is 1.11. The van der Waals surface area contributed by atoms with E-state index in [1.807, 2.05) is 84.1 Å². The summed E-state index contributed by atoms with van der Waals surface area (Å²) in [5.41, 5.74) is 11.6. The summed E-state index contributed by atoms with van der Waals surface area (Å²) in [6.45, 7) is 0. The maximum Gasteiger partial charge on any atom is 0.164 e. The van der Waals surface area contributed by atoms with Gasteiger partial charge >= 0.3 is 0 Å². The highest BCUT2D eigenvalue weighted by atomic mass is 32.1. The first-order valence-corrected chi connectivity index (χ1v) is 19.8. The average Bonchev–Trinajstić information content (AvgIpc) is 3.95. The molecule has 12 aromatic rings. The lowest BCUT2D eigenvalue weighted by Crippen LogP contribution is -2.00. The molecule has 0 aliphatic rings. The molecule has 5 nitrogen and oxygen atoms in total. The predicted octanol–water partition coefficient (Wildman–Crippen LogP) is 13.9. The van der Waals surface area contributed by atoms with Crippen LogP contribution in [-0.4, -0.2) is 19.4 Å². The monoisotopic (exact) mass is 746 g/mol. The summed E-state index contributed by atoms with van der Waals surface area (Å²) >= 11 is 1.84. The molecule has 0 aliphatic carbocycles. The van der Waals surface area contributed by atoms with Gasteiger partial charge in [-0.3, -0.25) is 4.40 Å². The van der Waals surface area contributed by atoms with Crippen LogP contribution >= 0.6 is 11.3 Å². The number of furan rings is 1. The van der Waals surface area contributed by atoms with Gasteiger partial charge in [0.1, 0.15) is 16.0 Å². The van der Waals surface area contributed by atoms with Gasteiger partial charge < -0.3 is 4.42 Å². The van der Waals surface area contributed by atoms with E-state index in [0.717, 1.165) is 66.1 Å². The molecule has 266 valence electrons. The van der Waals surface area contributed by atoms with E-state index in [2.05, 4.69) is 114 Å². The minimum absolute atomic E-state index is 0.639. The quantitative estimate of drug-likeness (QED) is 0.176. The van der Waals surface area contributed by atoms with Crippen molar-refractivity contribution in [1.82, 2.24) is 19.4 Å². The highest BCUT2D eigenvalue weighted by Crippen LogP contribution is 2.47. The number of rotatable bonds is 5. The van der Waals surface area contributed by atoms with Crippen LogP contribution in [0, 0.1) is 0 Å². The molecule has 0 N–H and O–H groups in total. The Morgan fingerprint density at radius 3 is 1.79 bits per heavy atom. The van der Waals surface area contributed by atoms with E-state index < -0.39 is 0 Å². The van der Waals surface area contributed by atoms with Crippen molar-refractivity contribution in [1.29, 1.82) is 0 Å². The van der Waals surface area contributed by atoms with E-state index in [4.69, 9.17) is 19.4 Å². The first kappa shape index (κ1) is 31.9. The lowest BCUT2D eigenvalue weighted by Gasteiger charge is -2.13. The molecule has 0 amide bonds. The number of thiazole rings is 1. The molecule has 0 saturated carbocycles. The normalized spacial score (nSPS) is 11.9. The number of benzene rings is 8. The van der Waals surface area contributed by atoms with E-state index >= 15 is 0 Å². The first-order valence-electron chi connectivity index (χ1n) is 19.0. The van der Waals surface area contributed by atoms with E-state index in [9.17, 15) is 0 Å². The molecule has 4 aromatic heterocycles. The van der Waals surface area contributed by atoms with Crippen molar-refractivity contribution in [2.45, 2.75) is 0 Å². The van der Waals surface area contributed by atoms with Gasteiger partial charge in [0, 0.05) is 44.0 Å². The highest BCUT2D eigenvalue weighted by Gasteiger charge is 2.23. The molecule has 4 heterocycles. The molecule has 12 rings (SSSR count). The van der Waals surface area contributed by atoms with Gasteiger partial charge in [-0.25, -0.2) is 15.0 Å². The van der Waals surface area contributed by atoms with E-state index in [-0.39, 0.29) is 0 Å². The highest BCUT2D eigenvalue weighted by molar-refractivity contribution is 7.24. The van der Waals surface area contributed by atoms with E-state index in [1.54, 1.807) is 0 Å². The average molecular weight is 747 g/mol. The lowest BCUT2D eigenvalue weighted by molar-refractivity contribution is 0.670. The van der Waals surface area contributed by atoms with Crippen LogP contribution in [-0.2, 0) is 0 Å². The topological polar surface area (TPSA) is 56.2 Å². The third-order valence-corrected chi connectivity index (χ3v) is 12.2. The Labute approximate surface area is 330 Å². The Bertz CT molecular complexity index is 3470. The van der Waals surface area contributed by atoms with Gasteiger partial charge in [-0.15, -0.1) is 11.3 Å². The molecule has 8 aromatic carbocycles. The number of fused-ring (bicyclic) bond motifs is 9. The molecule has 6 heteroatoms. The van der Waals surface area contributed by atoms with Gasteiger partial charge in [0.05, 0.1) is 15.7 Å². The number of aromatic nitrogens is 4. The molecule has 57 heavy (non-hydrogen) atoms.